The largest absolute Gasteiger partial charge is 0.490 e. The molecular formula is C20H28F3N5O4. The van der Waals surface area contributed by atoms with Gasteiger partial charge in [-0.05, 0) is 32.9 Å². The Balaban J connectivity index is 0.000000451. The Labute approximate surface area is 183 Å². The number of nitrogens with zero attached hydrogens (tertiary/aromatic N) is 4. The number of pyridine rings is 1. The number of halogens is 3. The van der Waals surface area contributed by atoms with Gasteiger partial charge in [0.25, 0.3) is 11.6 Å². The number of aliphatic carboxylic acids is 1. The lowest BCUT2D eigenvalue weighted by atomic mass is 10.1. The van der Waals surface area contributed by atoms with Crippen molar-refractivity contribution in [2.24, 2.45) is 5.92 Å². The monoisotopic (exact) mass is 459 g/mol. The van der Waals surface area contributed by atoms with Crippen LogP contribution in [0, 0.1) is 19.8 Å². The van der Waals surface area contributed by atoms with E-state index in [0.717, 1.165) is 38.4 Å². The number of rotatable bonds is 5. The molecule has 2 aromatic heterocycles. The van der Waals surface area contributed by atoms with Gasteiger partial charge in [-0.25, -0.2) is 9.78 Å². The van der Waals surface area contributed by atoms with E-state index in [1.807, 2.05) is 13.8 Å². The van der Waals surface area contributed by atoms with Gasteiger partial charge in [0.15, 0.2) is 0 Å². The molecule has 32 heavy (non-hydrogen) atoms. The maximum atomic E-state index is 12.7. The second-order valence-electron chi connectivity index (χ2n) is 7.98. The molecule has 0 aromatic carbocycles. The van der Waals surface area contributed by atoms with Crippen LogP contribution in [0.3, 0.4) is 0 Å². The van der Waals surface area contributed by atoms with Crippen molar-refractivity contribution in [1.82, 2.24) is 25.3 Å². The summed E-state index contributed by atoms with van der Waals surface area (Å²) in [5, 5.41) is 14.8. The number of nitrogens with one attached hydrogen (secondary N) is 1. The zero-order chi connectivity index (χ0) is 24.1. The molecule has 0 saturated carbocycles. The Morgan fingerprint density at radius 1 is 1.25 bits per heavy atom. The summed E-state index contributed by atoms with van der Waals surface area (Å²) in [5.41, 5.74) is 2.46. The Hall–Kier alpha value is -2.73. The molecule has 1 atom stereocenters. The molecule has 3 rings (SSSR count). The predicted molar refractivity (Wildman–Crippen MR) is 110 cm³/mol. The van der Waals surface area contributed by atoms with E-state index in [1.54, 1.807) is 6.07 Å². The molecule has 3 heterocycles. The first-order chi connectivity index (χ1) is 14.9. The first-order valence-electron chi connectivity index (χ1n) is 10.1. The van der Waals surface area contributed by atoms with Crippen LogP contribution in [-0.4, -0.2) is 89.4 Å². The van der Waals surface area contributed by atoms with E-state index in [9.17, 15) is 18.0 Å². The van der Waals surface area contributed by atoms with Crippen molar-refractivity contribution in [3.8, 4) is 0 Å². The highest BCUT2D eigenvalue weighted by Gasteiger charge is 2.38. The molecule has 12 heteroatoms. The van der Waals surface area contributed by atoms with Crippen molar-refractivity contribution < 1.29 is 32.4 Å². The maximum Gasteiger partial charge on any atom is 0.490 e. The number of piperazine rings is 1. The van der Waals surface area contributed by atoms with Crippen LogP contribution in [-0.2, 0) is 4.79 Å². The highest BCUT2D eigenvalue weighted by atomic mass is 19.4. The van der Waals surface area contributed by atoms with Crippen molar-refractivity contribution in [3.63, 3.8) is 0 Å². The lowest BCUT2D eigenvalue weighted by molar-refractivity contribution is -0.192. The minimum atomic E-state index is -5.08. The van der Waals surface area contributed by atoms with E-state index in [2.05, 4.69) is 39.2 Å². The van der Waals surface area contributed by atoms with Crippen LogP contribution in [0.25, 0.3) is 11.1 Å². The van der Waals surface area contributed by atoms with Gasteiger partial charge in [0.1, 0.15) is 0 Å². The van der Waals surface area contributed by atoms with Gasteiger partial charge >= 0.3 is 12.1 Å². The van der Waals surface area contributed by atoms with Crippen LogP contribution < -0.4 is 5.32 Å². The fourth-order valence-electron chi connectivity index (χ4n) is 3.29. The first-order valence-corrected chi connectivity index (χ1v) is 10.1. The molecule has 1 aliphatic heterocycles. The summed E-state index contributed by atoms with van der Waals surface area (Å²) >= 11 is 0. The van der Waals surface area contributed by atoms with Gasteiger partial charge in [0.05, 0.1) is 16.6 Å². The van der Waals surface area contributed by atoms with E-state index in [-0.39, 0.29) is 5.91 Å². The molecule has 178 valence electrons. The molecule has 9 nitrogen and oxygen atoms in total. The Kier molecular flexibility index (Phi) is 8.56. The van der Waals surface area contributed by atoms with E-state index < -0.39 is 12.1 Å². The first kappa shape index (κ1) is 25.5. The van der Waals surface area contributed by atoms with Gasteiger partial charge in [-0.2, -0.15) is 13.2 Å². The summed E-state index contributed by atoms with van der Waals surface area (Å²) in [6, 6.07) is 1.80. The van der Waals surface area contributed by atoms with Crippen molar-refractivity contribution in [3.05, 3.63) is 23.0 Å². The lowest BCUT2D eigenvalue weighted by Crippen LogP contribution is -2.46. The number of carboxylic acids is 1. The summed E-state index contributed by atoms with van der Waals surface area (Å²) in [7, 11) is 2.16. The van der Waals surface area contributed by atoms with E-state index in [1.165, 1.54) is 0 Å². The second kappa shape index (κ2) is 10.7. The molecular weight excluding hydrogens is 431 g/mol. The van der Waals surface area contributed by atoms with Crippen molar-refractivity contribution in [1.29, 1.82) is 0 Å². The normalized spacial score (nSPS) is 16.3. The standard InChI is InChI=1S/C18H27N5O2.C2HF3O2/c1-12(11-23-7-5-22(4)6-8-23)10-19-17(24)15-9-13(2)20-18-16(15)14(3)21-25-18;3-2(4,5)1(6)7/h9,12H,5-8,10-11H2,1-4H3,(H,19,24);(H,6,7). The number of carboxylic acid groups (broad SMARTS) is 1. The molecule has 2 N–H and O–H groups in total. The molecule has 0 radical (unpaired) electrons. The number of carbonyl (C=O) groups excluding carboxylic acids is 1. The van der Waals surface area contributed by atoms with E-state index >= 15 is 0 Å². The number of aromatic nitrogens is 2. The topological polar surface area (TPSA) is 112 Å². The SMILES string of the molecule is Cc1cc(C(=O)NCC(C)CN2CCN(C)CC2)c2c(C)noc2n1.O=C(O)C(F)(F)F. The quantitative estimate of drug-likeness (QED) is 0.699. The number of aryl methyl sites for hydroxylation is 2. The Bertz CT molecular complexity index is 939. The minimum absolute atomic E-state index is 0.0907. The molecule has 1 amide bonds. The lowest BCUT2D eigenvalue weighted by Gasteiger charge is -2.33. The van der Waals surface area contributed by atoms with Crippen molar-refractivity contribution in [2.45, 2.75) is 26.9 Å². The molecule has 1 saturated heterocycles. The molecule has 0 bridgehead atoms. The van der Waals surface area contributed by atoms with Crippen LogP contribution in [0.2, 0.25) is 0 Å². The molecule has 2 aromatic rings. The number of fused-ring (bicyclic) bond motifs is 1. The average molecular weight is 459 g/mol. The van der Waals surface area contributed by atoms with Crippen molar-refractivity contribution in [2.75, 3.05) is 46.3 Å². The number of amides is 1. The Morgan fingerprint density at radius 2 is 1.84 bits per heavy atom. The van der Waals surface area contributed by atoms with Crippen LogP contribution in [0.15, 0.2) is 10.6 Å². The summed E-state index contributed by atoms with van der Waals surface area (Å²) in [6.07, 6.45) is -5.08. The molecule has 0 aliphatic carbocycles. The maximum absolute atomic E-state index is 12.7. The zero-order valence-electron chi connectivity index (χ0n) is 18.5. The second-order valence-corrected chi connectivity index (χ2v) is 7.98. The number of hydrogen-bond donors (Lipinski definition) is 2. The third-order valence-electron chi connectivity index (χ3n) is 5.01. The van der Waals surface area contributed by atoms with Crippen LogP contribution in [0.1, 0.15) is 28.7 Å². The third-order valence-corrected chi connectivity index (χ3v) is 5.01. The summed E-state index contributed by atoms with van der Waals surface area (Å²) in [4.78, 5) is 30.7. The van der Waals surface area contributed by atoms with E-state index in [0.29, 0.717) is 34.8 Å². The number of hydrogen-bond acceptors (Lipinski definition) is 7. The number of likely N-dealkylation sites (N-methyl/N-ethyl adjacent to an activating group) is 1. The zero-order valence-corrected chi connectivity index (χ0v) is 18.5. The van der Waals surface area contributed by atoms with Crippen molar-refractivity contribution >= 4 is 23.0 Å². The van der Waals surface area contributed by atoms with Crippen LogP contribution >= 0.6 is 0 Å². The summed E-state index contributed by atoms with van der Waals surface area (Å²) < 4.78 is 36.9. The van der Waals surface area contributed by atoms with Gasteiger partial charge in [0, 0.05) is 45.0 Å². The van der Waals surface area contributed by atoms with Gasteiger partial charge in [-0.3, -0.25) is 4.79 Å². The molecule has 1 unspecified atom stereocenters. The molecule has 1 aliphatic rings. The van der Waals surface area contributed by atoms with E-state index in [4.69, 9.17) is 14.4 Å². The van der Waals surface area contributed by atoms with Crippen LogP contribution in [0.5, 0.6) is 0 Å². The number of alkyl halides is 3. The number of carbonyl (C=O) groups is 2. The fourth-order valence-corrected chi connectivity index (χ4v) is 3.29. The highest BCUT2D eigenvalue weighted by molar-refractivity contribution is 6.06. The Morgan fingerprint density at radius 3 is 2.41 bits per heavy atom. The fraction of sp³-hybridized carbons (Fsp3) is 0.600. The summed E-state index contributed by atoms with van der Waals surface area (Å²) in [5.74, 6) is -2.45. The summed E-state index contributed by atoms with van der Waals surface area (Å²) in [6.45, 7) is 11.9. The van der Waals surface area contributed by atoms with Gasteiger partial charge in [0.2, 0.25) is 0 Å². The smallest absolute Gasteiger partial charge is 0.475 e. The highest BCUT2D eigenvalue weighted by Crippen LogP contribution is 2.21. The minimum Gasteiger partial charge on any atom is -0.475 e. The third kappa shape index (κ3) is 7.16. The van der Waals surface area contributed by atoms with Gasteiger partial charge in [-0.15, -0.1) is 0 Å². The molecule has 0 spiro atoms. The van der Waals surface area contributed by atoms with Gasteiger partial charge < -0.3 is 24.7 Å². The van der Waals surface area contributed by atoms with Crippen LogP contribution in [0.4, 0.5) is 13.2 Å². The predicted octanol–water partition coefficient (Wildman–Crippen LogP) is 2.09. The van der Waals surface area contributed by atoms with Gasteiger partial charge in [-0.1, -0.05) is 12.1 Å². The average Bonchev–Trinajstić information content (AvgIpc) is 3.07. The molecule has 1 fully saturated rings.